The van der Waals surface area contributed by atoms with E-state index >= 15 is 0 Å². The van der Waals surface area contributed by atoms with Crippen molar-refractivity contribution in [1.82, 2.24) is 15.1 Å². The Balaban J connectivity index is 0.00000225. The third-order valence-electron chi connectivity index (χ3n) is 4.78. The number of fused-ring (bicyclic) bond motifs is 1. The Kier molecular flexibility index (Phi) is 6.19. The summed E-state index contributed by atoms with van der Waals surface area (Å²) in [5.41, 5.74) is 1.72. The maximum atomic E-state index is 12.6. The van der Waals surface area contributed by atoms with E-state index in [0.29, 0.717) is 30.1 Å². The van der Waals surface area contributed by atoms with E-state index in [-0.39, 0.29) is 36.7 Å². The van der Waals surface area contributed by atoms with Crippen LogP contribution in [0.4, 0.5) is 0 Å². The summed E-state index contributed by atoms with van der Waals surface area (Å²) in [5.74, 6) is -0.456. The zero-order valence-electron chi connectivity index (χ0n) is 14.6. The molecule has 1 saturated heterocycles. The van der Waals surface area contributed by atoms with E-state index in [1.54, 1.807) is 17.0 Å². The minimum Gasteiger partial charge on any atom is -0.341 e. The maximum Gasteiger partial charge on any atom is 0.262 e. The summed E-state index contributed by atoms with van der Waals surface area (Å²) in [7, 11) is 1.90. The van der Waals surface area contributed by atoms with Crippen molar-refractivity contribution in [2.75, 3.05) is 33.2 Å². The molecule has 0 radical (unpaired) electrons. The first-order valence-corrected chi connectivity index (χ1v) is 8.40. The lowest BCUT2D eigenvalue weighted by Gasteiger charge is -2.33. The minimum absolute atomic E-state index is 0. The number of carbonyl (C=O) groups is 3. The van der Waals surface area contributed by atoms with Crippen molar-refractivity contribution in [3.05, 3.63) is 34.9 Å². The zero-order chi connectivity index (χ0) is 17.3. The number of piperidine rings is 1. The lowest BCUT2D eigenvalue weighted by atomic mass is 9.98. The molecule has 2 aliphatic rings. The molecular weight excluding hydrogens is 342 g/mol. The van der Waals surface area contributed by atoms with Crippen molar-refractivity contribution in [1.29, 1.82) is 0 Å². The van der Waals surface area contributed by atoms with Crippen LogP contribution >= 0.6 is 12.4 Å². The van der Waals surface area contributed by atoms with E-state index in [1.807, 2.05) is 20.0 Å². The molecule has 3 rings (SSSR count). The van der Waals surface area contributed by atoms with Crippen LogP contribution in [-0.4, -0.2) is 60.7 Å². The molecule has 1 N–H and O–H groups in total. The van der Waals surface area contributed by atoms with Gasteiger partial charge in [-0.25, -0.2) is 0 Å². The van der Waals surface area contributed by atoms with Crippen molar-refractivity contribution in [2.45, 2.75) is 19.8 Å². The topological polar surface area (TPSA) is 69.7 Å². The number of carbonyl (C=O) groups excluding carboxylic acids is 3. The number of halogens is 1. The van der Waals surface area contributed by atoms with E-state index in [1.165, 1.54) is 0 Å². The molecule has 6 nitrogen and oxygen atoms in total. The Labute approximate surface area is 154 Å². The van der Waals surface area contributed by atoms with Crippen LogP contribution < -0.4 is 5.32 Å². The van der Waals surface area contributed by atoms with Gasteiger partial charge < -0.3 is 10.2 Å². The number of nitrogens with zero attached hydrogens (tertiary/aromatic N) is 2. The number of hydrogen-bond acceptors (Lipinski definition) is 4. The second-order valence-corrected chi connectivity index (χ2v) is 6.65. The Morgan fingerprint density at radius 2 is 1.96 bits per heavy atom. The monoisotopic (exact) mass is 365 g/mol. The van der Waals surface area contributed by atoms with E-state index in [9.17, 15) is 14.4 Å². The van der Waals surface area contributed by atoms with Crippen LogP contribution in [0.25, 0.3) is 0 Å². The average Bonchev–Trinajstić information content (AvgIpc) is 2.80. The Hall–Kier alpha value is -1.92. The van der Waals surface area contributed by atoms with Crippen LogP contribution in [0, 0.1) is 12.8 Å². The molecule has 1 aromatic rings. The fraction of sp³-hybridized carbons (Fsp3) is 0.500. The van der Waals surface area contributed by atoms with E-state index in [0.717, 1.165) is 29.8 Å². The zero-order valence-corrected chi connectivity index (χ0v) is 15.4. The first-order chi connectivity index (χ1) is 11.5. The van der Waals surface area contributed by atoms with E-state index in [4.69, 9.17) is 0 Å². The number of likely N-dealkylation sites (tertiary alicyclic amines) is 1. The molecule has 1 unspecified atom stereocenters. The fourth-order valence-electron chi connectivity index (χ4n) is 3.53. The predicted octanol–water partition coefficient (Wildman–Crippen LogP) is 1.47. The van der Waals surface area contributed by atoms with Gasteiger partial charge in [-0.05, 0) is 51.4 Å². The lowest BCUT2D eigenvalue weighted by Crippen LogP contribution is -2.47. The molecule has 0 bridgehead atoms. The smallest absolute Gasteiger partial charge is 0.262 e. The number of nitrogens with one attached hydrogen (secondary N) is 1. The normalized spacial score (nSPS) is 19.7. The Bertz CT molecular complexity index is 690. The highest BCUT2D eigenvalue weighted by Gasteiger charge is 2.37. The summed E-state index contributed by atoms with van der Waals surface area (Å²) in [5, 5.41) is 3.14. The standard InChI is InChI=1S/C18H23N3O3.ClH/c1-12-5-6-14-15(8-12)18(24)21(17(14)23)11-16(22)20-7-3-4-13(10-20)9-19-2;/h5-6,8,13,19H,3-4,7,9-11H2,1-2H3;1H. The van der Waals surface area contributed by atoms with Crippen molar-refractivity contribution in [2.24, 2.45) is 5.92 Å². The highest BCUT2D eigenvalue weighted by Crippen LogP contribution is 2.24. The number of amides is 3. The second-order valence-electron chi connectivity index (χ2n) is 6.65. The van der Waals surface area contributed by atoms with Crippen LogP contribution in [0.3, 0.4) is 0 Å². The number of imide groups is 1. The molecule has 1 fully saturated rings. The van der Waals surface area contributed by atoms with Gasteiger partial charge in [-0.3, -0.25) is 19.3 Å². The molecule has 136 valence electrons. The summed E-state index contributed by atoms with van der Waals surface area (Å²) < 4.78 is 0. The Morgan fingerprint density at radius 3 is 2.68 bits per heavy atom. The van der Waals surface area contributed by atoms with Gasteiger partial charge in [-0.15, -0.1) is 12.4 Å². The number of hydrogen-bond donors (Lipinski definition) is 1. The van der Waals surface area contributed by atoms with Gasteiger partial charge in [-0.1, -0.05) is 11.6 Å². The lowest BCUT2D eigenvalue weighted by molar-refractivity contribution is -0.133. The summed E-state index contributed by atoms with van der Waals surface area (Å²) in [4.78, 5) is 40.3. The second kappa shape index (κ2) is 7.97. The molecule has 0 aliphatic carbocycles. The predicted molar refractivity (Wildman–Crippen MR) is 97.0 cm³/mol. The van der Waals surface area contributed by atoms with Crippen LogP contribution in [0.2, 0.25) is 0 Å². The third-order valence-corrected chi connectivity index (χ3v) is 4.78. The molecule has 0 saturated carbocycles. The average molecular weight is 366 g/mol. The third kappa shape index (κ3) is 3.85. The van der Waals surface area contributed by atoms with Gasteiger partial charge >= 0.3 is 0 Å². The molecule has 2 aliphatic heterocycles. The van der Waals surface area contributed by atoms with Crippen molar-refractivity contribution in [3.63, 3.8) is 0 Å². The largest absolute Gasteiger partial charge is 0.341 e. The number of rotatable bonds is 4. The Morgan fingerprint density at radius 1 is 1.24 bits per heavy atom. The number of benzene rings is 1. The van der Waals surface area contributed by atoms with Crippen molar-refractivity contribution < 1.29 is 14.4 Å². The van der Waals surface area contributed by atoms with Gasteiger partial charge in [0.25, 0.3) is 11.8 Å². The molecule has 2 heterocycles. The van der Waals surface area contributed by atoms with Gasteiger partial charge in [0.15, 0.2) is 0 Å². The van der Waals surface area contributed by atoms with Crippen molar-refractivity contribution >= 4 is 30.1 Å². The molecule has 3 amide bonds. The summed E-state index contributed by atoms with van der Waals surface area (Å²) >= 11 is 0. The van der Waals surface area contributed by atoms with E-state index < -0.39 is 0 Å². The van der Waals surface area contributed by atoms with Gasteiger partial charge in [0.2, 0.25) is 5.91 Å². The molecule has 0 aromatic heterocycles. The maximum absolute atomic E-state index is 12.6. The van der Waals surface area contributed by atoms with Crippen LogP contribution in [0.5, 0.6) is 0 Å². The molecule has 1 atom stereocenters. The molecule has 25 heavy (non-hydrogen) atoms. The molecule has 0 spiro atoms. The molecule has 1 aromatic carbocycles. The molecular formula is C18H24ClN3O3. The van der Waals surface area contributed by atoms with Crippen LogP contribution in [-0.2, 0) is 4.79 Å². The SMILES string of the molecule is CNCC1CCCN(C(=O)CN2C(=O)c3ccc(C)cc3C2=O)C1.Cl. The highest BCUT2D eigenvalue weighted by atomic mass is 35.5. The fourth-order valence-corrected chi connectivity index (χ4v) is 3.53. The summed E-state index contributed by atoms with van der Waals surface area (Å²) in [6.07, 6.45) is 2.05. The minimum atomic E-state index is -0.368. The van der Waals surface area contributed by atoms with Crippen LogP contribution in [0.15, 0.2) is 18.2 Å². The number of aryl methyl sites for hydroxylation is 1. The summed E-state index contributed by atoms with van der Waals surface area (Å²) in [6, 6.07) is 5.19. The first kappa shape index (κ1) is 19.4. The van der Waals surface area contributed by atoms with Crippen LogP contribution in [0.1, 0.15) is 39.1 Å². The van der Waals surface area contributed by atoms with Gasteiger partial charge in [-0.2, -0.15) is 0 Å². The summed E-state index contributed by atoms with van der Waals surface area (Å²) in [6.45, 7) is 3.96. The van der Waals surface area contributed by atoms with Gasteiger partial charge in [0, 0.05) is 13.1 Å². The van der Waals surface area contributed by atoms with E-state index in [2.05, 4.69) is 5.32 Å². The first-order valence-electron chi connectivity index (χ1n) is 8.40. The van der Waals surface area contributed by atoms with Crippen molar-refractivity contribution in [3.8, 4) is 0 Å². The highest BCUT2D eigenvalue weighted by molar-refractivity contribution is 6.22. The molecule has 7 heteroatoms. The van der Waals surface area contributed by atoms with Gasteiger partial charge in [0.1, 0.15) is 6.54 Å². The van der Waals surface area contributed by atoms with Gasteiger partial charge in [0.05, 0.1) is 11.1 Å². The quantitative estimate of drug-likeness (QED) is 0.820.